The maximum atomic E-state index is 8.29. The molecule has 0 bridgehead atoms. The van der Waals surface area contributed by atoms with Crippen LogP contribution in [0.2, 0.25) is 0 Å². The van der Waals surface area contributed by atoms with Crippen molar-refractivity contribution in [1.29, 1.82) is 0 Å². The number of aliphatic hydroxyl groups excluding tert-OH is 2. The topological polar surface area (TPSA) is 65.4 Å². The number of aliphatic hydroxyl groups is 2. The third kappa shape index (κ3) is 24.8. The normalized spacial score (nSPS) is 10.7. The van der Waals surface area contributed by atoms with Crippen molar-refractivity contribution in [3.05, 3.63) is 0 Å². The Bertz CT molecular complexity index is 130. The fourth-order valence-electron chi connectivity index (χ4n) is 0.827. The predicted molar refractivity (Wildman–Crippen MR) is 72.9 cm³/mol. The number of likely N-dealkylation sites (N-methyl/N-ethyl adjacent to an activating group) is 2. The lowest BCUT2D eigenvalue weighted by Gasteiger charge is -2.08. The average Bonchev–Trinajstić information content (AvgIpc) is 2.31. The molecule has 6 nitrogen and oxygen atoms in total. The van der Waals surface area contributed by atoms with Crippen LogP contribution in [-0.2, 0) is 9.47 Å². The molecule has 0 saturated carbocycles. The summed E-state index contributed by atoms with van der Waals surface area (Å²) in [5, 5.41) is 16.6. The Kier molecular flexibility index (Phi) is 18.7. The lowest BCUT2D eigenvalue weighted by atomic mass is 10.6. The summed E-state index contributed by atoms with van der Waals surface area (Å²) in [6, 6.07) is 0. The zero-order chi connectivity index (χ0) is 14.2. The van der Waals surface area contributed by atoms with Gasteiger partial charge >= 0.3 is 0 Å². The Morgan fingerprint density at radius 2 is 1.00 bits per heavy atom. The minimum absolute atomic E-state index is 0.118. The standard InChI is InChI=1S/2C6H15NO2/c2*1-7(2)3-5-9-6-4-8/h2*8H,3-6H2,1-2H3. The molecule has 0 fully saturated rings. The van der Waals surface area contributed by atoms with Gasteiger partial charge in [0.15, 0.2) is 0 Å². The first-order chi connectivity index (χ1) is 8.54. The molecule has 0 rings (SSSR count). The van der Waals surface area contributed by atoms with Gasteiger partial charge in [0.1, 0.15) is 0 Å². The molecule has 0 aliphatic rings. The van der Waals surface area contributed by atoms with Crippen molar-refractivity contribution in [2.45, 2.75) is 0 Å². The number of nitrogens with zero attached hydrogens (tertiary/aromatic N) is 2. The van der Waals surface area contributed by atoms with E-state index in [4.69, 9.17) is 19.7 Å². The minimum Gasteiger partial charge on any atom is -0.394 e. The van der Waals surface area contributed by atoms with Crippen LogP contribution >= 0.6 is 0 Å². The fourth-order valence-corrected chi connectivity index (χ4v) is 0.827. The first kappa shape index (κ1) is 20.1. The van der Waals surface area contributed by atoms with Gasteiger partial charge in [-0.1, -0.05) is 0 Å². The third-order valence-electron chi connectivity index (χ3n) is 1.84. The fraction of sp³-hybridized carbons (Fsp3) is 1.00. The van der Waals surface area contributed by atoms with Crippen LogP contribution in [0.4, 0.5) is 0 Å². The summed E-state index contributed by atoms with van der Waals surface area (Å²) in [5.74, 6) is 0. The van der Waals surface area contributed by atoms with Crippen LogP contribution in [0.15, 0.2) is 0 Å². The molecule has 2 N–H and O–H groups in total. The molecular weight excluding hydrogens is 236 g/mol. The second-order valence-corrected chi connectivity index (χ2v) is 4.28. The summed E-state index contributed by atoms with van der Waals surface area (Å²) in [7, 11) is 7.95. The van der Waals surface area contributed by atoms with E-state index in [1.54, 1.807) is 0 Å². The van der Waals surface area contributed by atoms with Crippen LogP contribution in [0.5, 0.6) is 0 Å². The molecule has 0 saturated heterocycles. The molecule has 18 heavy (non-hydrogen) atoms. The summed E-state index contributed by atoms with van der Waals surface area (Å²) in [4.78, 5) is 4.08. The predicted octanol–water partition coefficient (Wildman–Crippen LogP) is -0.886. The summed E-state index contributed by atoms with van der Waals surface area (Å²) in [5.41, 5.74) is 0. The Labute approximate surface area is 111 Å². The van der Waals surface area contributed by atoms with Gasteiger partial charge in [0.25, 0.3) is 0 Å². The molecule has 0 radical (unpaired) electrons. The van der Waals surface area contributed by atoms with Crippen molar-refractivity contribution in [3.63, 3.8) is 0 Å². The first-order valence-corrected chi connectivity index (χ1v) is 6.21. The summed E-state index contributed by atoms with van der Waals surface area (Å²) in [6.07, 6.45) is 0. The quantitative estimate of drug-likeness (QED) is 0.500. The smallest absolute Gasteiger partial charge is 0.0698 e. The van der Waals surface area contributed by atoms with Crippen LogP contribution in [0.25, 0.3) is 0 Å². The number of ether oxygens (including phenoxy) is 2. The van der Waals surface area contributed by atoms with Crippen LogP contribution in [0.1, 0.15) is 0 Å². The Morgan fingerprint density at radius 1 is 0.667 bits per heavy atom. The van der Waals surface area contributed by atoms with Gasteiger partial charge < -0.3 is 29.5 Å². The molecule has 0 amide bonds. The van der Waals surface area contributed by atoms with Crippen LogP contribution in [0.3, 0.4) is 0 Å². The maximum absolute atomic E-state index is 8.29. The first-order valence-electron chi connectivity index (χ1n) is 6.21. The highest BCUT2D eigenvalue weighted by Gasteiger charge is 1.88. The molecule has 0 aromatic heterocycles. The van der Waals surface area contributed by atoms with E-state index >= 15 is 0 Å². The summed E-state index contributed by atoms with van der Waals surface area (Å²) >= 11 is 0. The largest absolute Gasteiger partial charge is 0.394 e. The Morgan fingerprint density at radius 3 is 1.22 bits per heavy atom. The lowest BCUT2D eigenvalue weighted by molar-refractivity contribution is 0.0821. The van der Waals surface area contributed by atoms with E-state index in [0.717, 1.165) is 13.1 Å². The molecule has 0 aromatic carbocycles. The zero-order valence-corrected chi connectivity index (χ0v) is 12.3. The van der Waals surface area contributed by atoms with E-state index < -0.39 is 0 Å². The molecule has 0 heterocycles. The molecular formula is C12H30N2O4. The van der Waals surface area contributed by atoms with Gasteiger partial charge in [0, 0.05) is 13.1 Å². The number of hydrogen-bond acceptors (Lipinski definition) is 6. The Balaban J connectivity index is 0. The van der Waals surface area contributed by atoms with Crippen molar-refractivity contribution >= 4 is 0 Å². The highest BCUT2D eigenvalue weighted by Crippen LogP contribution is 1.77. The molecule has 112 valence electrons. The third-order valence-corrected chi connectivity index (χ3v) is 1.84. The van der Waals surface area contributed by atoms with E-state index in [-0.39, 0.29) is 13.2 Å². The van der Waals surface area contributed by atoms with E-state index in [0.29, 0.717) is 26.4 Å². The van der Waals surface area contributed by atoms with Crippen LogP contribution in [0, 0.1) is 0 Å². The van der Waals surface area contributed by atoms with Crippen LogP contribution in [-0.4, -0.2) is 101 Å². The van der Waals surface area contributed by atoms with Crippen molar-refractivity contribution < 1.29 is 19.7 Å². The number of rotatable bonds is 10. The Hall–Kier alpha value is -0.240. The van der Waals surface area contributed by atoms with Gasteiger partial charge in [0.05, 0.1) is 39.6 Å². The van der Waals surface area contributed by atoms with Gasteiger partial charge in [-0.3, -0.25) is 0 Å². The molecule has 0 aliphatic carbocycles. The second kappa shape index (κ2) is 16.8. The molecule has 6 heteroatoms. The molecule has 0 spiro atoms. The minimum atomic E-state index is 0.118. The monoisotopic (exact) mass is 266 g/mol. The molecule has 0 aromatic rings. The number of hydrogen-bond donors (Lipinski definition) is 2. The summed E-state index contributed by atoms with van der Waals surface area (Å²) in [6.45, 7) is 4.38. The second-order valence-electron chi connectivity index (χ2n) is 4.28. The zero-order valence-electron chi connectivity index (χ0n) is 12.3. The van der Waals surface area contributed by atoms with Gasteiger partial charge in [0.2, 0.25) is 0 Å². The highest BCUT2D eigenvalue weighted by atomic mass is 16.5. The molecule has 0 aliphatic heterocycles. The van der Waals surface area contributed by atoms with Gasteiger partial charge in [-0.05, 0) is 28.2 Å². The van der Waals surface area contributed by atoms with E-state index in [9.17, 15) is 0 Å². The molecule has 0 unspecified atom stereocenters. The van der Waals surface area contributed by atoms with Crippen molar-refractivity contribution in [2.75, 3.05) is 80.9 Å². The molecule has 0 atom stereocenters. The van der Waals surface area contributed by atoms with Crippen LogP contribution < -0.4 is 0 Å². The van der Waals surface area contributed by atoms with Gasteiger partial charge in [-0.2, -0.15) is 0 Å². The summed E-state index contributed by atoms with van der Waals surface area (Å²) < 4.78 is 10.0. The van der Waals surface area contributed by atoms with E-state index in [1.165, 1.54) is 0 Å². The maximum Gasteiger partial charge on any atom is 0.0698 e. The van der Waals surface area contributed by atoms with Crippen molar-refractivity contribution in [2.24, 2.45) is 0 Å². The van der Waals surface area contributed by atoms with Gasteiger partial charge in [-0.25, -0.2) is 0 Å². The average molecular weight is 266 g/mol. The SMILES string of the molecule is CN(C)CCOCCO.CN(C)CCOCCO. The van der Waals surface area contributed by atoms with Crippen molar-refractivity contribution in [1.82, 2.24) is 9.80 Å². The van der Waals surface area contributed by atoms with E-state index in [2.05, 4.69) is 0 Å². The van der Waals surface area contributed by atoms with Gasteiger partial charge in [-0.15, -0.1) is 0 Å². The van der Waals surface area contributed by atoms with E-state index in [1.807, 2.05) is 38.0 Å². The lowest BCUT2D eigenvalue weighted by Crippen LogP contribution is -2.18. The van der Waals surface area contributed by atoms with Crippen molar-refractivity contribution in [3.8, 4) is 0 Å². The highest BCUT2D eigenvalue weighted by molar-refractivity contribution is 4.39.